The van der Waals surface area contributed by atoms with Gasteiger partial charge in [-0.25, -0.2) is 0 Å². The van der Waals surface area contributed by atoms with E-state index in [1.807, 2.05) is 19.1 Å². The van der Waals surface area contributed by atoms with Gasteiger partial charge in [0, 0.05) is 0 Å². The third-order valence-corrected chi connectivity index (χ3v) is 1.95. The zero-order valence-corrected chi connectivity index (χ0v) is 8.67. The van der Waals surface area contributed by atoms with Gasteiger partial charge in [-0.1, -0.05) is 23.7 Å². The molecule has 0 spiro atoms. The molecule has 0 saturated heterocycles. The summed E-state index contributed by atoms with van der Waals surface area (Å²) in [4.78, 5) is 0. The fourth-order valence-corrected chi connectivity index (χ4v) is 1.23. The minimum atomic E-state index is 0.180. The van der Waals surface area contributed by atoms with E-state index in [-0.39, 0.29) is 5.11 Å². The number of rotatable bonds is 2. The van der Waals surface area contributed by atoms with Crippen molar-refractivity contribution in [1.82, 2.24) is 5.43 Å². The molecule has 1 aromatic rings. The summed E-state index contributed by atoms with van der Waals surface area (Å²) in [5.74, 6) is 0. The summed E-state index contributed by atoms with van der Waals surface area (Å²) >= 11 is 10.6. The maximum Gasteiger partial charge on any atom is 0.182 e. The smallest absolute Gasteiger partial charge is 0.182 e. The molecule has 0 saturated carbocycles. The molecule has 4 N–H and O–H groups in total. The molecule has 0 aliphatic carbocycles. The highest BCUT2D eigenvalue weighted by Crippen LogP contribution is 2.24. The predicted octanol–water partition coefficient (Wildman–Crippen LogP) is 1.81. The first kappa shape index (κ1) is 10.1. The molecule has 0 unspecified atom stereocenters. The third-order valence-electron chi connectivity index (χ3n) is 1.53. The number of thiocarbonyl (C=S) groups is 1. The number of hydrazine groups is 1. The maximum atomic E-state index is 5.93. The van der Waals surface area contributed by atoms with Gasteiger partial charge in [0.15, 0.2) is 5.11 Å². The number of halogens is 1. The highest BCUT2D eigenvalue weighted by atomic mass is 35.5. The van der Waals surface area contributed by atoms with Gasteiger partial charge >= 0.3 is 0 Å². The Hall–Kier alpha value is -1.00. The van der Waals surface area contributed by atoms with Crippen molar-refractivity contribution in [1.29, 1.82) is 0 Å². The monoisotopic (exact) mass is 215 g/mol. The third kappa shape index (κ3) is 2.75. The Morgan fingerprint density at radius 2 is 2.23 bits per heavy atom. The summed E-state index contributed by atoms with van der Waals surface area (Å²) in [5.41, 5.74) is 12.5. The average molecular weight is 216 g/mol. The standard InChI is InChI=1S/C8H10ClN3S/c1-5-3-2-4-6(9)7(5)11-12-8(10)13/h2-4,11H,1H3,(H3,10,12,13). The zero-order valence-electron chi connectivity index (χ0n) is 7.10. The molecule has 0 fully saturated rings. The molecule has 3 nitrogen and oxygen atoms in total. The van der Waals surface area contributed by atoms with Gasteiger partial charge in [-0.05, 0) is 30.8 Å². The van der Waals surface area contributed by atoms with Crippen molar-refractivity contribution in [2.45, 2.75) is 6.92 Å². The molecule has 0 aliphatic heterocycles. The number of hydrogen-bond donors (Lipinski definition) is 3. The predicted molar refractivity (Wildman–Crippen MR) is 59.7 cm³/mol. The molecule has 0 radical (unpaired) electrons. The summed E-state index contributed by atoms with van der Waals surface area (Å²) in [6, 6.07) is 5.61. The van der Waals surface area contributed by atoms with Crippen LogP contribution in [0.2, 0.25) is 5.02 Å². The topological polar surface area (TPSA) is 50.1 Å². The summed E-state index contributed by atoms with van der Waals surface area (Å²) < 4.78 is 0. The van der Waals surface area contributed by atoms with Crippen LogP contribution in [-0.4, -0.2) is 5.11 Å². The lowest BCUT2D eigenvalue weighted by Crippen LogP contribution is -2.34. The number of aryl methyl sites for hydroxylation is 1. The van der Waals surface area contributed by atoms with E-state index < -0.39 is 0 Å². The quantitative estimate of drug-likeness (QED) is 0.520. The first-order valence-corrected chi connectivity index (χ1v) is 4.46. The lowest BCUT2D eigenvalue weighted by Gasteiger charge is -2.11. The van der Waals surface area contributed by atoms with Crippen LogP contribution in [0, 0.1) is 6.92 Å². The fraction of sp³-hybridized carbons (Fsp3) is 0.125. The van der Waals surface area contributed by atoms with Gasteiger partial charge in [-0.15, -0.1) is 0 Å². The SMILES string of the molecule is Cc1cccc(Cl)c1NNC(N)=S. The Labute approximate surface area is 87.2 Å². The fourth-order valence-electron chi connectivity index (χ4n) is 0.914. The summed E-state index contributed by atoms with van der Waals surface area (Å²) in [7, 11) is 0. The maximum absolute atomic E-state index is 5.93. The normalized spacial score (nSPS) is 9.38. The van der Waals surface area contributed by atoms with E-state index in [9.17, 15) is 0 Å². The highest BCUT2D eigenvalue weighted by molar-refractivity contribution is 7.80. The van der Waals surface area contributed by atoms with E-state index in [2.05, 4.69) is 23.1 Å². The molecular weight excluding hydrogens is 206 g/mol. The van der Waals surface area contributed by atoms with Gasteiger partial charge in [0.05, 0.1) is 10.7 Å². The second-order valence-electron chi connectivity index (χ2n) is 2.55. The van der Waals surface area contributed by atoms with Crippen LogP contribution in [0.4, 0.5) is 5.69 Å². The molecule has 0 bridgehead atoms. The second-order valence-corrected chi connectivity index (χ2v) is 3.39. The first-order chi connectivity index (χ1) is 6.11. The van der Waals surface area contributed by atoms with Crippen LogP contribution in [-0.2, 0) is 0 Å². The first-order valence-electron chi connectivity index (χ1n) is 3.68. The van der Waals surface area contributed by atoms with Gasteiger partial charge in [0.2, 0.25) is 0 Å². The molecule has 0 atom stereocenters. The van der Waals surface area contributed by atoms with Crippen LogP contribution in [0.5, 0.6) is 0 Å². The van der Waals surface area contributed by atoms with Crippen molar-refractivity contribution in [3.63, 3.8) is 0 Å². The van der Waals surface area contributed by atoms with Crippen LogP contribution >= 0.6 is 23.8 Å². The molecule has 5 heteroatoms. The van der Waals surface area contributed by atoms with Crippen molar-refractivity contribution in [3.8, 4) is 0 Å². The largest absolute Gasteiger partial charge is 0.375 e. The van der Waals surface area contributed by atoms with Crippen LogP contribution in [0.25, 0.3) is 0 Å². The minimum absolute atomic E-state index is 0.180. The van der Waals surface area contributed by atoms with Crippen LogP contribution in [0.3, 0.4) is 0 Å². The number of para-hydroxylation sites is 1. The Morgan fingerprint density at radius 3 is 2.77 bits per heavy atom. The van der Waals surface area contributed by atoms with Gasteiger partial charge in [-0.3, -0.25) is 10.9 Å². The Bertz CT molecular complexity index is 307. The molecule has 13 heavy (non-hydrogen) atoms. The Kier molecular flexibility index (Phi) is 3.33. The van der Waals surface area contributed by atoms with Crippen molar-refractivity contribution in [2.24, 2.45) is 5.73 Å². The Morgan fingerprint density at radius 1 is 1.54 bits per heavy atom. The molecular formula is C8H10ClN3S. The lowest BCUT2D eigenvalue weighted by atomic mass is 10.2. The molecule has 70 valence electrons. The highest BCUT2D eigenvalue weighted by Gasteiger charge is 2.01. The zero-order chi connectivity index (χ0) is 9.84. The average Bonchev–Trinajstić information content (AvgIpc) is 2.03. The van der Waals surface area contributed by atoms with Crippen LogP contribution < -0.4 is 16.6 Å². The van der Waals surface area contributed by atoms with E-state index in [4.69, 9.17) is 17.3 Å². The number of nitrogens with two attached hydrogens (primary N) is 1. The van der Waals surface area contributed by atoms with E-state index in [1.54, 1.807) is 6.07 Å². The number of nitrogens with one attached hydrogen (secondary N) is 2. The Balaban J connectivity index is 2.81. The van der Waals surface area contributed by atoms with Crippen molar-refractivity contribution in [2.75, 3.05) is 5.43 Å². The molecule has 1 rings (SSSR count). The van der Waals surface area contributed by atoms with E-state index in [0.717, 1.165) is 11.3 Å². The molecule has 0 amide bonds. The summed E-state index contributed by atoms with van der Waals surface area (Å²) in [6.07, 6.45) is 0. The van der Waals surface area contributed by atoms with Crippen molar-refractivity contribution < 1.29 is 0 Å². The van der Waals surface area contributed by atoms with E-state index in [1.165, 1.54) is 0 Å². The number of anilines is 1. The lowest BCUT2D eigenvalue weighted by molar-refractivity contribution is 1.12. The minimum Gasteiger partial charge on any atom is -0.375 e. The van der Waals surface area contributed by atoms with E-state index in [0.29, 0.717) is 5.02 Å². The van der Waals surface area contributed by atoms with Crippen LogP contribution in [0.1, 0.15) is 5.56 Å². The van der Waals surface area contributed by atoms with Crippen molar-refractivity contribution >= 4 is 34.6 Å². The molecule has 0 aliphatic rings. The molecule has 0 heterocycles. The van der Waals surface area contributed by atoms with E-state index >= 15 is 0 Å². The van der Waals surface area contributed by atoms with Gasteiger partial charge in [0.1, 0.15) is 0 Å². The summed E-state index contributed by atoms with van der Waals surface area (Å²) in [5, 5.41) is 0.808. The molecule has 0 aromatic heterocycles. The van der Waals surface area contributed by atoms with Crippen LogP contribution in [0.15, 0.2) is 18.2 Å². The molecule has 1 aromatic carbocycles. The second kappa shape index (κ2) is 4.30. The number of hydrogen-bond acceptors (Lipinski definition) is 2. The van der Waals surface area contributed by atoms with Gasteiger partial charge in [0.25, 0.3) is 0 Å². The van der Waals surface area contributed by atoms with Gasteiger partial charge in [-0.2, -0.15) is 0 Å². The summed E-state index contributed by atoms with van der Waals surface area (Å²) in [6.45, 7) is 1.94. The van der Waals surface area contributed by atoms with Crippen molar-refractivity contribution in [3.05, 3.63) is 28.8 Å². The van der Waals surface area contributed by atoms with Gasteiger partial charge < -0.3 is 5.73 Å². The number of benzene rings is 1.